The maximum atomic E-state index is 10.5. The van der Waals surface area contributed by atoms with Crippen LogP contribution in [0.15, 0.2) is 34.8 Å². The molecule has 2 heteroatoms. The Morgan fingerprint density at radius 2 is 1.86 bits per heavy atom. The number of aldehydes is 1. The molecule has 0 atom stereocenters. The van der Waals surface area contributed by atoms with Crippen molar-refractivity contribution in [1.29, 1.82) is 0 Å². The van der Waals surface area contributed by atoms with Crippen molar-refractivity contribution >= 4 is 27.8 Å². The summed E-state index contributed by atoms with van der Waals surface area (Å²) in [5, 5.41) is 0. The fourth-order valence-corrected chi connectivity index (χ4v) is 1.60. The van der Waals surface area contributed by atoms with E-state index >= 15 is 0 Å². The van der Waals surface area contributed by atoms with Gasteiger partial charge in [0.15, 0.2) is 0 Å². The predicted octanol–water partition coefficient (Wildman–Crippen LogP) is 3.69. The molecule has 0 aliphatic rings. The number of benzene rings is 1. The summed E-state index contributed by atoms with van der Waals surface area (Å²) in [5.74, 6) is 0.362. The average molecular weight is 253 g/mol. The van der Waals surface area contributed by atoms with E-state index in [9.17, 15) is 4.79 Å². The molecule has 14 heavy (non-hydrogen) atoms. The second kappa shape index (κ2) is 5.11. The Kier molecular flexibility index (Phi) is 4.08. The lowest BCUT2D eigenvalue weighted by atomic mass is 9.95. The number of hydrogen-bond acceptors (Lipinski definition) is 1. The molecule has 74 valence electrons. The highest BCUT2D eigenvalue weighted by Gasteiger charge is 2.05. The summed E-state index contributed by atoms with van der Waals surface area (Å²) in [4.78, 5) is 10.5. The van der Waals surface area contributed by atoms with Gasteiger partial charge in [-0.1, -0.05) is 41.9 Å². The van der Waals surface area contributed by atoms with Crippen LogP contribution in [-0.4, -0.2) is 6.29 Å². The van der Waals surface area contributed by atoms with Crippen LogP contribution in [0.2, 0.25) is 0 Å². The summed E-state index contributed by atoms with van der Waals surface area (Å²) in [5.41, 5.74) is 2.18. The number of carbonyl (C=O) groups excluding carboxylic acids is 1. The molecule has 0 bridgehead atoms. The largest absolute Gasteiger partial charge is 0.299 e. The molecule has 0 fully saturated rings. The van der Waals surface area contributed by atoms with Gasteiger partial charge in [0, 0.05) is 4.47 Å². The molecule has 0 saturated carbocycles. The van der Waals surface area contributed by atoms with E-state index in [2.05, 4.69) is 29.8 Å². The van der Waals surface area contributed by atoms with Crippen LogP contribution in [0.25, 0.3) is 5.57 Å². The van der Waals surface area contributed by atoms with E-state index < -0.39 is 0 Å². The molecule has 0 unspecified atom stereocenters. The Balaban J connectivity index is 3.06. The van der Waals surface area contributed by atoms with Gasteiger partial charge in [0.1, 0.15) is 6.29 Å². The fraction of sp³-hybridized carbons (Fsp3) is 0.250. The van der Waals surface area contributed by atoms with Gasteiger partial charge in [-0.15, -0.1) is 0 Å². The maximum Gasteiger partial charge on any atom is 0.143 e. The molecule has 0 aliphatic heterocycles. The van der Waals surface area contributed by atoms with E-state index in [4.69, 9.17) is 0 Å². The highest BCUT2D eigenvalue weighted by atomic mass is 79.9. The van der Waals surface area contributed by atoms with Gasteiger partial charge >= 0.3 is 0 Å². The van der Waals surface area contributed by atoms with Gasteiger partial charge < -0.3 is 0 Å². The van der Waals surface area contributed by atoms with Crippen molar-refractivity contribution in [1.82, 2.24) is 0 Å². The van der Waals surface area contributed by atoms with Gasteiger partial charge in [0.25, 0.3) is 0 Å². The van der Waals surface area contributed by atoms with Gasteiger partial charge in [-0.2, -0.15) is 0 Å². The zero-order valence-electron chi connectivity index (χ0n) is 8.33. The van der Waals surface area contributed by atoms with Crippen LogP contribution in [0.5, 0.6) is 0 Å². The predicted molar refractivity (Wildman–Crippen MR) is 63.0 cm³/mol. The standard InChI is InChI=1S/C12H13BrO/c1-9(2)12(7-8-14)10-3-5-11(13)6-4-10/h3-9H,1-2H3/b12-7-. The molecule has 1 aromatic rings. The normalized spacial score (nSPS) is 11.9. The number of carbonyl (C=O) groups is 1. The Morgan fingerprint density at radius 3 is 2.29 bits per heavy atom. The van der Waals surface area contributed by atoms with Crippen LogP contribution < -0.4 is 0 Å². The third-order valence-corrected chi connectivity index (χ3v) is 2.58. The maximum absolute atomic E-state index is 10.5. The Morgan fingerprint density at radius 1 is 1.29 bits per heavy atom. The van der Waals surface area contributed by atoms with Gasteiger partial charge in [0.05, 0.1) is 0 Å². The van der Waals surface area contributed by atoms with Crippen LogP contribution >= 0.6 is 15.9 Å². The van der Waals surface area contributed by atoms with Crippen molar-refractivity contribution < 1.29 is 4.79 Å². The molecule has 0 N–H and O–H groups in total. The van der Waals surface area contributed by atoms with E-state index in [0.717, 1.165) is 21.9 Å². The summed E-state index contributed by atoms with van der Waals surface area (Å²) in [6, 6.07) is 7.99. The van der Waals surface area contributed by atoms with Crippen molar-refractivity contribution in [2.75, 3.05) is 0 Å². The summed E-state index contributed by atoms with van der Waals surface area (Å²) in [6.07, 6.45) is 2.48. The monoisotopic (exact) mass is 252 g/mol. The second-order valence-electron chi connectivity index (χ2n) is 3.42. The van der Waals surface area contributed by atoms with E-state index in [0.29, 0.717) is 5.92 Å². The Labute approximate surface area is 93.0 Å². The van der Waals surface area contributed by atoms with Crippen LogP contribution in [0.1, 0.15) is 19.4 Å². The molecule has 0 saturated heterocycles. The van der Waals surface area contributed by atoms with Gasteiger partial charge in [-0.3, -0.25) is 4.79 Å². The Hall–Kier alpha value is -0.890. The first-order valence-electron chi connectivity index (χ1n) is 4.56. The minimum absolute atomic E-state index is 0.362. The Bertz CT molecular complexity index is 336. The molecule has 1 rings (SSSR count). The van der Waals surface area contributed by atoms with E-state index in [1.54, 1.807) is 6.08 Å². The summed E-state index contributed by atoms with van der Waals surface area (Å²) < 4.78 is 1.05. The first-order chi connectivity index (χ1) is 6.65. The molecule has 0 amide bonds. The van der Waals surface area contributed by atoms with Crippen LogP contribution in [0, 0.1) is 5.92 Å². The van der Waals surface area contributed by atoms with Gasteiger partial charge in [-0.05, 0) is 35.3 Å². The topological polar surface area (TPSA) is 17.1 Å². The lowest BCUT2D eigenvalue weighted by Gasteiger charge is -2.10. The second-order valence-corrected chi connectivity index (χ2v) is 4.34. The molecule has 1 nitrogen and oxygen atoms in total. The quantitative estimate of drug-likeness (QED) is 0.593. The van der Waals surface area contributed by atoms with Crippen molar-refractivity contribution in [3.63, 3.8) is 0 Å². The average Bonchev–Trinajstić information content (AvgIpc) is 2.15. The number of halogens is 1. The highest BCUT2D eigenvalue weighted by Crippen LogP contribution is 2.23. The molecule has 0 heterocycles. The van der Waals surface area contributed by atoms with Crippen molar-refractivity contribution in [3.05, 3.63) is 40.4 Å². The molecular weight excluding hydrogens is 240 g/mol. The number of allylic oxidation sites excluding steroid dienone is 2. The van der Waals surface area contributed by atoms with E-state index in [-0.39, 0.29) is 0 Å². The zero-order chi connectivity index (χ0) is 10.6. The van der Waals surface area contributed by atoms with E-state index in [1.165, 1.54) is 0 Å². The molecule has 0 aromatic heterocycles. The minimum atomic E-state index is 0.362. The van der Waals surface area contributed by atoms with Crippen molar-refractivity contribution in [2.24, 2.45) is 5.92 Å². The number of rotatable bonds is 3. The van der Waals surface area contributed by atoms with E-state index in [1.807, 2.05) is 24.3 Å². The smallest absolute Gasteiger partial charge is 0.143 e. The summed E-state index contributed by atoms with van der Waals surface area (Å²) in [6.45, 7) is 4.16. The molecule has 0 radical (unpaired) electrons. The van der Waals surface area contributed by atoms with Crippen LogP contribution in [-0.2, 0) is 4.79 Å². The highest BCUT2D eigenvalue weighted by molar-refractivity contribution is 9.10. The molecule has 1 aromatic carbocycles. The lowest BCUT2D eigenvalue weighted by Crippen LogP contribution is -1.93. The zero-order valence-corrected chi connectivity index (χ0v) is 9.91. The van der Waals surface area contributed by atoms with Crippen LogP contribution in [0.3, 0.4) is 0 Å². The van der Waals surface area contributed by atoms with Crippen molar-refractivity contribution in [3.8, 4) is 0 Å². The first kappa shape index (κ1) is 11.2. The van der Waals surface area contributed by atoms with Gasteiger partial charge in [-0.25, -0.2) is 0 Å². The third kappa shape index (κ3) is 2.81. The molecule has 0 spiro atoms. The van der Waals surface area contributed by atoms with Gasteiger partial charge in [0.2, 0.25) is 0 Å². The molecule has 0 aliphatic carbocycles. The summed E-state index contributed by atoms with van der Waals surface area (Å²) in [7, 11) is 0. The molecular formula is C12H13BrO. The fourth-order valence-electron chi connectivity index (χ4n) is 1.34. The number of hydrogen-bond donors (Lipinski definition) is 0. The van der Waals surface area contributed by atoms with Crippen molar-refractivity contribution in [2.45, 2.75) is 13.8 Å². The summed E-state index contributed by atoms with van der Waals surface area (Å²) >= 11 is 3.38. The lowest BCUT2D eigenvalue weighted by molar-refractivity contribution is -0.104. The third-order valence-electron chi connectivity index (χ3n) is 2.05. The minimum Gasteiger partial charge on any atom is -0.299 e. The van der Waals surface area contributed by atoms with Crippen LogP contribution in [0.4, 0.5) is 0 Å². The first-order valence-corrected chi connectivity index (χ1v) is 5.35. The SMILES string of the molecule is CC(C)/C(=C/C=O)c1ccc(Br)cc1.